The minimum Gasteiger partial charge on any atom is -0.493 e. The van der Waals surface area contributed by atoms with E-state index in [9.17, 15) is 4.79 Å². The first-order valence-electron chi connectivity index (χ1n) is 4.95. The summed E-state index contributed by atoms with van der Waals surface area (Å²) >= 11 is 0. The van der Waals surface area contributed by atoms with Crippen LogP contribution in [-0.4, -0.2) is 26.6 Å². The highest BCUT2D eigenvalue weighted by Gasteiger charge is 2.02. The molecule has 0 aliphatic carbocycles. The minimum atomic E-state index is 0.567. The van der Waals surface area contributed by atoms with E-state index in [0.717, 1.165) is 18.3 Å². The Balaban J connectivity index is 2.56. The van der Waals surface area contributed by atoms with Gasteiger partial charge < -0.3 is 9.47 Å². The quantitative estimate of drug-likeness (QED) is 0.531. The number of hydrogen-bond donors (Lipinski definition) is 0. The molecule has 0 spiro atoms. The topological polar surface area (TPSA) is 35.5 Å². The minimum absolute atomic E-state index is 0.567. The van der Waals surface area contributed by atoms with E-state index in [1.165, 1.54) is 0 Å². The van der Waals surface area contributed by atoms with Gasteiger partial charge in [0.05, 0.1) is 12.2 Å². The van der Waals surface area contributed by atoms with Crippen LogP contribution in [-0.2, 0) is 4.74 Å². The van der Waals surface area contributed by atoms with Gasteiger partial charge in [-0.05, 0) is 19.1 Å². The normalized spacial score (nSPS) is 10.0. The summed E-state index contributed by atoms with van der Waals surface area (Å²) in [6.45, 7) is 3.18. The Morgan fingerprint density at radius 1 is 1.33 bits per heavy atom. The van der Waals surface area contributed by atoms with Crippen LogP contribution in [0, 0.1) is 6.92 Å². The second kappa shape index (κ2) is 6.19. The van der Waals surface area contributed by atoms with Crippen LogP contribution >= 0.6 is 0 Å². The molecule has 82 valence electrons. The summed E-state index contributed by atoms with van der Waals surface area (Å²) in [5.41, 5.74) is 1.66. The van der Waals surface area contributed by atoms with E-state index in [4.69, 9.17) is 9.47 Å². The molecule has 3 heteroatoms. The van der Waals surface area contributed by atoms with Crippen molar-refractivity contribution in [2.45, 2.75) is 13.3 Å². The van der Waals surface area contributed by atoms with Gasteiger partial charge in [0.2, 0.25) is 0 Å². The lowest BCUT2D eigenvalue weighted by atomic mass is 10.1. The SMILES string of the molecule is COCCCOc1ccc(C)cc1C=O. The third kappa shape index (κ3) is 3.72. The van der Waals surface area contributed by atoms with Crippen LogP contribution in [0.5, 0.6) is 5.75 Å². The van der Waals surface area contributed by atoms with Crippen LogP contribution < -0.4 is 4.74 Å². The third-order valence-corrected chi connectivity index (χ3v) is 2.04. The first-order valence-corrected chi connectivity index (χ1v) is 4.95. The van der Waals surface area contributed by atoms with Crippen molar-refractivity contribution in [3.8, 4) is 5.75 Å². The number of benzene rings is 1. The summed E-state index contributed by atoms with van der Waals surface area (Å²) in [6, 6.07) is 5.57. The molecule has 1 aromatic carbocycles. The van der Waals surface area contributed by atoms with Gasteiger partial charge in [0.15, 0.2) is 6.29 Å². The summed E-state index contributed by atoms with van der Waals surface area (Å²) in [5.74, 6) is 0.645. The molecule has 0 bridgehead atoms. The molecule has 15 heavy (non-hydrogen) atoms. The van der Waals surface area contributed by atoms with Crippen molar-refractivity contribution in [3.05, 3.63) is 29.3 Å². The molecule has 0 aromatic heterocycles. The van der Waals surface area contributed by atoms with Crippen molar-refractivity contribution in [3.63, 3.8) is 0 Å². The number of rotatable bonds is 6. The fraction of sp³-hybridized carbons (Fsp3) is 0.417. The molecule has 0 fully saturated rings. The molecule has 0 atom stereocenters. The predicted molar refractivity (Wildman–Crippen MR) is 58.6 cm³/mol. The summed E-state index contributed by atoms with van der Waals surface area (Å²) in [6.07, 6.45) is 1.64. The fourth-order valence-corrected chi connectivity index (χ4v) is 1.28. The molecule has 0 radical (unpaired) electrons. The molecule has 0 unspecified atom stereocenters. The van der Waals surface area contributed by atoms with E-state index >= 15 is 0 Å². The second-order valence-electron chi connectivity index (χ2n) is 3.35. The Kier molecular flexibility index (Phi) is 4.84. The summed E-state index contributed by atoms with van der Waals surface area (Å²) in [4.78, 5) is 10.8. The average molecular weight is 208 g/mol. The zero-order valence-corrected chi connectivity index (χ0v) is 9.16. The molecule has 0 saturated carbocycles. The Morgan fingerprint density at radius 3 is 2.80 bits per heavy atom. The molecule has 0 heterocycles. The number of ether oxygens (including phenoxy) is 2. The highest BCUT2D eigenvalue weighted by atomic mass is 16.5. The highest BCUT2D eigenvalue weighted by Crippen LogP contribution is 2.18. The van der Waals surface area contributed by atoms with Gasteiger partial charge in [0.1, 0.15) is 5.75 Å². The van der Waals surface area contributed by atoms with Crippen LogP contribution in [0.15, 0.2) is 18.2 Å². The van der Waals surface area contributed by atoms with Gasteiger partial charge in [-0.25, -0.2) is 0 Å². The number of carbonyl (C=O) groups excluding carboxylic acids is 1. The molecular formula is C12H16O3. The van der Waals surface area contributed by atoms with Crippen molar-refractivity contribution < 1.29 is 14.3 Å². The number of aldehydes is 1. The van der Waals surface area contributed by atoms with Gasteiger partial charge in [-0.3, -0.25) is 4.79 Å². The van der Waals surface area contributed by atoms with Crippen LogP contribution in [0.25, 0.3) is 0 Å². The maximum Gasteiger partial charge on any atom is 0.153 e. The zero-order chi connectivity index (χ0) is 11.1. The number of aryl methyl sites for hydroxylation is 1. The average Bonchev–Trinajstić information content (AvgIpc) is 2.26. The maximum absolute atomic E-state index is 10.8. The Bertz CT molecular complexity index is 321. The molecule has 0 aliphatic rings. The van der Waals surface area contributed by atoms with E-state index in [1.54, 1.807) is 7.11 Å². The van der Waals surface area contributed by atoms with Crippen molar-refractivity contribution >= 4 is 6.29 Å². The van der Waals surface area contributed by atoms with Gasteiger partial charge >= 0.3 is 0 Å². The molecule has 0 amide bonds. The number of carbonyl (C=O) groups is 1. The fourth-order valence-electron chi connectivity index (χ4n) is 1.28. The van der Waals surface area contributed by atoms with Crippen LogP contribution in [0.2, 0.25) is 0 Å². The molecule has 1 aromatic rings. The standard InChI is InChI=1S/C12H16O3/c1-10-4-5-12(11(8-10)9-13)15-7-3-6-14-2/h4-5,8-9H,3,6-7H2,1-2H3. The first-order chi connectivity index (χ1) is 7.27. The highest BCUT2D eigenvalue weighted by molar-refractivity contribution is 5.79. The lowest BCUT2D eigenvalue weighted by molar-refractivity contribution is 0.111. The Morgan fingerprint density at radius 2 is 2.13 bits per heavy atom. The zero-order valence-electron chi connectivity index (χ0n) is 9.16. The van der Waals surface area contributed by atoms with Gasteiger partial charge in [-0.15, -0.1) is 0 Å². The third-order valence-electron chi connectivity index (χ3n) is 2.04. The summed E-state index contributed by atoms with van der Waals surface area (Å²) in [5, 5.41) is 0. The van der Waals surface area contributed by atoms with E-state index in [1.807, 2.05) is 25.1 Å². The van der Waals surface area contributed by atoms with Gasteiger partial charge in [-0.2, -0.15) is 0 Å². The van der Waals surface area contributed by atoms with E-state index in [0.29, 0.717) is 24.5 Å². The lowest BCUT2D eigenvalue weighted by Crippen LogP contribution is -2.03. The van der Waals surface area contributed by atoms with Crippen molar-refractivity contribution in [2.24, 2.45) is 0 Å². The van der Waals surface area contributed by atoms with Gasteiger partial charge in [0.25, 0.3) is 0 Å². The number of hydrogen-bond acceptors (Lipinski definition) is 3. The van der Waals surface area contributed by atoms with Crippen LogP contribution in [0.1, 0.15) is 22.3 Å². The lowest BCUT2D eigenvalue weighted by Gasteiger charge is -2.08. The smallest absolute Gasteiger partial charge is 0.153 e. The van der Waals surface area contributed by atoms with Crippen LogP contribution in [0.4, 0.5) is 0 Å². The summed E-state index contributed by atoms with van der Waals surface area (Å²) in [7, 11) is 1.66. The van der Waals surface area contributed by atoms with Crippen molar-refractivity contribution in [2.75, 3.05) is 20.3 Å². The molecule has 1 rings (SSSR count). The van der Waals surface area contributed by atoms with Gasteiger partial charge in [0, 0.05) is 20.1 Å². The Labute approximate surface area is 90.0 Å². The molecule has 0 N–H and O–H groups in total. The largest absolute Gasteiger partial charge is 0.493 e. The number of methoxy groups -OCH3 is 1. The first kappa shape index (κ1) is 11.7. The van der Waals surface area contributed by atoms with E-state index < -0.39 is 0 Å². The second-order valence-corrected chi connectivity index (χ2v) is 3.35. The Hall–Kier alpha value is -1.35. The maximum atomic E-state index is 10.8. The molecule has 0 aliphatic heterocycles. The van der Waals surface area contributed by atoms with Crippen LogP contribution in [0.3, 0.4) is 0 Å². The molecule has 3 nitrogen and oxygen atoms in total. The summed E-state index contributed by atoms with van der Waals surface area (Å²) < 4.78 is 10.4. The monoisotopic (exact) mass is 208 g/mol. The molecular weight excluding hydrogens is 192 g/mol. The predicted octanol–water partition coefficient (Wildman–Crippen LogP) is 2.22. The van der Waals surface area contributed by atoms with E-state index in [-0.39, 0.29) is 0 Å². The van der Waals surface area contributed by atoms with Crippen molar-refractivity contribution in [1.29, 1.82) is 0 Å². The van der Waals surface area contributed by atoms with Gasteiger partial charge in [-0.1, -0.05) is 11.6 Å². The van der Waals surface area contributed by atoms with E-state index in [2.05, 4.69) is 0 Å². The molecule has 0 saturated heterocycles. The van der Waals surface area contributed by atoms with Crippen molar-refractivity contribution in [1.82, 2.24) is 0 Å².